The molecule has 1 heterocycles. The minimum absolute atomic E-state index is 1.05. The van der Waals surface area contributed by atoms with E-state index in [1.807, 2.05) is 6.20 Å². The van der Waals surface area contributed by atoms with Crippen LogP contribution in [-0.4, -0.2) is 4.98 Å². The van der Waals surface area contributed by atoms with Crippen LogP contribution in [0.25, 0.3) is 11.3 Å². The van der Waals surface area contributed by atoms with Crippen LogP contribution < -0.4 is 0 Å². The Bertz CT molecular complexity index is 541. The number of fused-ring (bicyclic) bond motifs is 3. The van der Waals surface area contributed by atoms with Crippen LogP contribution in [0, 0.1) is 13.8 Å². The molecular weight excluding hydrogens is 182 g/mol. The number of rotatable bonds is 0. The highest BCUT2D eigenvalue weighted by molar-refractivity contribution is 5.74. The van der Waals surface area contributed by atoms with Gasteiger partial charge in [-0.1, -0.05) is 24.3 Å². The van der Waals surface area contributed by atoms with E-state index in [0.29, 0.717) is 0 Å². The summed E-state index contributed by atoms with van der Waals surface area (Å²) in [6.45, 7) is 4.33. The van der Waals surface area contributed by atoms with Crippen LogP contribution in [0.15, 0.2) is 30.5 Å². The Morgan fingerprint density at radius 2 is 1.93 bits per heavy atom. The van der Waals surface area contributed by atoms with Gasteiger partial charge in [-0.25, -0.2) is 0 Å². The normalized spacial score (nSPS) is 12.4. The molecule has 3 rings (SSSR count). The largest absolute Gasteiger partial charge is 0.256 e. The van der Waals surface area contributed by atoms with E-state index in [2.05, 4.69) is 43.1 Å². The van der Waals surface area contributed by atoms with Crippen LogP contribution in [0.3, 0.4) is 0 Å². The van der Waals surface area contributed by atoms with E-state index < -0.39 is 0 Å². The van der Waals surface area contributed by atoms with Crippen molar-refractivity contribution >= 4 is 0 Å². The molecule has 0 bridgehead atoms. The molecule has 2 aromatic rings. The molecular formula is C14H13N. The van der Waals surface area contributed by atoms with Crippen LogP contribution in [0.5, 0.6) is 0 Å². The Morgan fingerprint density at radius 1 is 1.13 bits per heavy atom. The fourth-order valence-electron chi connectivity index (χ4n) is 2.30. The van der Waals surface area contributed by atoms with Crippen LogP contribution in [0.1, 0.15) is 22.3 Å². The first kappa shape index (κ1) is 8.66. The average molecular weight is 195 g/mol. The first-order valence-corrected chi connectivity index (χ1v) is 5.30. The van der Waals surface area contributed by atoms with Crippen LogP contribution in [0.2, 0.25) is 0 Å². The van der Waals surface area contributed by atoms with E-state index in [1.165, 1.54) is 33.5 Å². The summed E-state index contributed by atoms with van der Waals surface area (Å²) in [6.07, 6.45) is 3.03. The molecule has 74 valence electrons. The van der Waals surface area contributed by atoms with Gasteiger partial charge >= 0.3 is 0 Å². The molecule has 1 aliphatic carbocycles. The lowest BCUT2D eigenvalue weighted by Crippen LogP contribution is -1.92. The van der Waals surface area contributed by atoms with Crippen molar-refractivity contribution < 1.29 is 0 Å². The molecule has 0 aliphatic heterocycles. The molecule has 0 spiro atoms. The van der Waals surface area contributed by atoms with Crippen molar-refractivity contribution in [2.75, 3.05) is 0 Å². The second-order valence-electron chi connectivity index (χ2n) is 4.23. The standard InChI is InChI=1S/C14H13N/c1-9-8-15-14-12-6-4-3-5-11(12)7-13(14)10(9)2/h3-6,8H,7H2,1-2H3. The highest BCUT2D eigenvalue weighted by Gasteiger charge is 2.21. The van der Waals surface area contributed by atoms with E-state index in [0.717, 1.165) is 6.42 Å². The molecule has 1 nitrogen and oxygen atoms in total. The summed E-state index contributed by atoms with van der Waals surface area (Å²) in [5.74, 6) is 0. The number of nitrogens with zero attached hydrogens (tertiary/aromatic N) is 1. The Kier molecular flexibility index (Phi) is 1.69. The molecule has 1 aromatic carbocycles. The minimum Gasteiger partial charge on any atom is -0.256 e. The van der Waals surface area contributed by atoms with Gasteiger partial charge in [0.25, 0.3) is 0 Å². The third-order valence-corrected chi connectivity index (χ3v) is 3.36. The zero-order valence-electron chi connectivity index (χ0n) is 9.04. The lowest BCUT2D eigenvalue weighted by atomic mass is 10.0. The molecule has 0 saturated carbocycles. The lowest BCUT2D eigenvalue weighted by molar-refractivity contribution is 1.14. The number of aryl methyl sites for hydroxylation is 1. The van der Waals surface area contributed by atoms with Crippen LogP contribution >= 0.6 is 0 Å². The summed E-state index contributed by atoms with van der Waals surface area (Å²) in [6, 6.07) is 8.56. The van der Waals surface area contributed by atoms with Crippen molar-refractivity contribution in [2.24, 2.45) is 0 Å². The van der Waals surface area contributed by atoms with Gasteiger partial charge in [-0.2, -0.15) is 0 Å². The highest BCUT2D eigenvalue weighted by atomic mass is 14.7. The molecule has 0 fully saturated rings. The van der Waals surface area contributed by atoms with Gasteiger partial charge in [0, 0.05) is 18.2 Å². The van der Waals surface area contributed by atoms with Gasteiger partial charge in [-0.15, -0.1) is 0 Å². The quantitative estimate of drug-likeness (QED) is 0.536. The van der Waals surface area contributed by atoms with Gasteiger partial charge in [-0.3, -0.25) is 4.98 Å². The molecule has 1 heteroatoms. The van der Waals surface area contributed by atoms with Gasteiger partial charge in [0.2, 0.25) is 0 Å². The molecule has 1 aromatic heterocycles. The van der Waals surface area contributed by atoms with Crippen molar-refractivity contribution in [1.82, 2.24) is 4.98 Å². The van der Waals surface area contributed by atoms with E-state index >= 15 is 0 Å². The molecule has 0 atom stereocenters. The third kappa shape index (κ3) is 1.13. The Labute approximate surface area is 89.8 Å². The SMILES string of the molecule is Cc1cnc2c(c1C)Cc1ccccc1-2. The first-order chi connectivity index (χ1) is 7.27. The van der Waals surface area contributed by atoms with Gasteiger partial charge in [0.15, 0.2) is 0 Å². The Morgan fingerprint density at radius 3 is 2.80 bits per heavy atom. The van der Waals surface area contributed by atoms with Gasteiger partial charge in [-0.05, 0) is 36.1 Å². The van der Waals surface area contributed by atoms with Crippen molar-refractivity contribution in [3.05, 3.63) is 52.7 Å². The molecule has 0 unspecified atom stereocenters. The average Bonchev–Trinajstić information content (AvgIpc) is 2.63. The third-order valence-electron chi connectivity index (χ3n) is 3.36. The number of hydrogen-bond donors (Lipinski definition) is 0. The van der Waals surface area contributed by atoms with Gasteiger partial charge in [0.05, 0.1) is 5.69 Å². The summed E-state index contributed by atoms with van der Waals surface area (Å²) in [4.78, 5) is 4.56. The zero-order valence-corrected chi connectivity index (χ0v) is 9.04. The smallest absolute Gasteiger partial charge is 0.0743 e. The molecule has 1 aliphatic rings. The maximum atomic E-state index is 4.56. The van der Waals surface area contributed by atoms with E-state index in [-0.39, 0.29) is 0 Å². The monoisotopic (exact) mass is 195 g/mol. The fraction of sp³-hybridized carbons (Fsp3) is 0.214. The summed E-state index contributed by atoms with van der Waals surface area (Å²) in [5, 5.41) is 0. The topological polar surface area (TPSA) is 12.9 Å². The molecule has 0 N–H and O–H groups in total. The Balaban J connectivity index is 2.31. The number of benzene rings is 1. The summed E-state index contributed by atoms with van der Waals surface area (Å²) in [5.41, 5.74) is 8.02. The van der Waals surface area contributed by atoms with Crippen molar-refractivity contribution in [3.63, 3.8) is 0 Å². The summed E-state index contributed by atoms with van der Waals surface area (Å²) in [7, 11) is 0. The summed E-state index contributed by atoms with van der Waals surface area (Å²) < 4.78 is 0. The van der Waals surface area contributed by atoms with E-state index in [1.54, 1.807) is 0 Å². The maximum Gasteiger partial charge on any atom is 0.0743 e. The molecule has 0 radical (unpaired) electrons. The van der Waals surface area contributed by atoms with Crippen molar-refractivity contribution in [2.45, 2.75) is 20.3 Å². The van der Waals surface area contributed by atoms with Crippen molar-refractivity contribution in [3.8, 4) is 11.3 Å². The number of hydrogen-bond acceptors (Lipinski definition) is 1. The second kappa shape index (κ2) is 2.93. The predicted octanol–water partition coefficient (Wildman–Crippen LogP) is 3.27. The minimum atomic E-state index is 1.05. The summed E-state index contributed by atoms with van der Waals surface area (Å²) >= 11 is 0. The fourth-order valence-corrected chi connectivity index (χ4v) is 2.30. The Hall–Kier alpha value is -1.63. The molecule has 0 saturated heterocycles. The van der Waals surface area contributed by atoms with E-state index in [9.17, 15) is 0 Å². The van der Waals surface area contributed by atoms with Gasteiger partial charge < -0.3 is 0 Å². The van der Waals surface area contributed by atoms with Gasteiger partial charge in [0.1, 0.15) is 0 Å². The van der Waals surface area contributed by atoms with Crippen LogP contribution in [0.4, 0.5) is 0 Å². The number of pyridine rings is 1. The predicted molar refractivity (Wildman–Crippen MR) is 62.0 cm³/mol. The molecule has 0 amide bonds. The number of aromatic nitrogens is 1. The van der Waals surface area contributed by atoms with Crippen molar-refractivity contribution in [1.29, 1.82) is 0 Å². The first-order valence-electron chi connectivity index (χ1n) is 5.30. The van der Waals surface area contributed by atoms with Crippen LogP contribution in [-0.2, 0) is 6.42 Å². The lowest BCUT2D eigenvalue weighted by Gasteiger charge is -2.05. The molecule has 15 heavy (non-hydrogen) atoms. The second-order valence-corrected chi connectivity index (χ2v) is 4.23. The highest BCUT2D eigenvalue weighted by Crippen LogP contribution is 2.36. The maximum absolute atomic E-state index is 4.56. The zero-order chi connectivity index (χ0) is 10.4. The van der Waals surface area contributed by atoms with E-state index in [4.69, 9.17) is 0 Å².